The van der Waals surface area contributed by atoms with Gasteiger partial charge in [-0.1, -0.05) is 67.1 Å². The molecule has 1 aromatic heterocycles. The van der Waals surface area contributed by atoms with E-state index in [1.54, 1.807) is 6.92 Å². The third-order valence-corrected chi connectivity index (χ3v) is 6.63. The highest BCUT2D eigenvalue weighted by Crippen LogP contribution is 2.45. The van der Waals surface area contributed by atoms with Crippen LogP contribution in [-0.2, 0) is 4.79 Å². The molecule has 34 heavy (non-hydrogen) atoms. The summed E-state index contributed by atoms with van der Waals surface area (Å²) in [7, 11) is 0. The third-order valence-electron chi connectivity index (χ3n) is 6.63. The van der Waals surface area contributed by atoms with Gasteiger partial charge >= 0.3 is 5.97 Å². The van der Waals surface area contributed by atoms with E-state index in [4.69, 9.17) is 5.11 Å². The summed E-state index contributed by atoms with van der Waals surface area (Å²) < 4.78 is 14.4. The maximum absolute atomic E-state index is 14.4. The molecule has 1 aliphatic rings. The monoisotopic (exact) mass is 452 g/mol. The number of carbonyl (C=O) groups is 1. The highest BCUT2D eigenvalue weighted by atomic mass is 19.1. The van der Waals surface area contributed by atoms with Gasteiger partial charge in [0.15, 0.2) is 0 Å². The van der Waals surface area contributed by atoms with Crippen molar-refractivity contribution in [2.75, 3.05) is 0 Å². The number of rotatable bonds is 6. The molecule has 0 amide bonds. The predicted octanol–water partition coefficient (Wildman–Crippen LogP) is 6.95. The van der Waals surface area contributed by atoms with Crippen molar-refractivity contribution in [3.8, 4) is 0 Å². The summed E-state index contributed by atoms with van der Waals surface area (Å²) in [4.78, 5) is 11.1. The van der Waals surface area contributed by atoms with Gasteiger partial charge in [0.2, 0.25) is 5.95 Å². The van der Waals surface area contributed by atoms with Gasteiger partial charge in [-0.2, -0.15) is 9.49 Å². The normalized spacial score (nSPS) is 15.2. The summed E-state index contributed by atoms with van der Waals surface area (Å²) in [5.74, 6) is -0.976. The molecule has 1 saturated carbocycles. The minimum absolute atomic E-state index is 0.426. The van der Waals surface area contributed by atoms with E-state index in [1.807, 2.05) is 60.7 Å². The summed E-state index contributed by atoms with van der Waals surface area (Å²) in [5, 5.41) is 16.0. The number of allylic oxidation sites excluding steroid dienone is 2. The average Bonchev–Trinajstić information content (AvgIpc) is 3.18. The highest BCUT2D eigenvalue weighted by molar-refractivity contribution is 6.01. The van der Waals surface area contributed by atoms with E-state index in [2.05, 4.69) is 22.3 Å². The molecule has 0 radical (unpaired) electrons. The zero-order valence-electron chi connectivity index (χ0n) is 18.9. The van der Waals surface area contributed by atoms with Crippen LogP contribution >= 0.6 is 0 Å². The molecule has 5 heteroatoms. The van der Waals surface area contributed by atoms with Crippen molar-refractivity contribution >= 4 is 33.6 Å². The Morgan fingerprint density at radius 2 is 1.65 bits per heavy atom. The van der Waals surface area contributed by atoms with Crippen LogP contribution in [0.2, 0.25) is 0 Å². The fraction of sp³-hybridized carbons (Fsp3) is 0.172. The number of aliphatic carboxylic acids is 1. The number of aromatic amines is 1. The molecule has 4 aromatic rings. The topological polar surface area (TPSA) is 66.0 Å². The number of aromatic nitrogens is 2. The smallest absolute Gasteiger partial charge is 0.328 e. The van der Waals surface area contributed by atoms with Crippen LogP contribution in [0.25, 0.3) is 27.6 Å². The Labute approximate surface area is 197 Å². The molecule has 0 aliphatic heterocycles. The molecule has 0 spiro atoms. The number of halogens is 1. The van der Waals surface area contributed by atoms with E-state index < -0.39 is 11.9 Å². The SMILES string of the molecule is C/C(=C\C(=O)O)c1ccc(C(=C(c2ccccc2)C2CCC2)c2ccc3n[nH]c(F)c3c2)cc1. The minimum Gasteiger partial charge on any atom is -0.478 e. The van der Waals surface area contributed by atoms with Crippen molar-refractivity contribution in [1.29, 1.82) is 0 Å². The van der Waals surface area contributed by atoms with Crippen LogP contribution in [0.15, 0.2) is 78.9 Å². The molecule has 170 valence electrons. The summed E-state index contributed by atoms with van der Waals surface area (Å²) in [6, 6.07) is 24.1. The first-order valence-corrected chi connectivity index (χ1v) is 11.5. The summed E-state index contributed by atoms with van der Waals surface area (Å²) in [5.41, 5.74) is 7.59. The fourth-order valence-corrected chi connectivity index (χ4v) is 4.68. The van der Waals surface area contributed by atoms with Gasteiger partial charge in [-0.25, -0.2) is 4.79 Å². The quantitative estimate of drug-likeness (QED) is 0.246. The number of hydrogen-bond donors (Lipinski definition) is 2. The van der Waals surface area contributed by atoms with Crippen LogP contribution in [0.3, 0.4) is 0 Å². The van der Waals surface area contributed by atoms with Gasteiger partial charge in [0.25, 0.3) is 0 Å². The summed E-state index contributed by atoms with van der Waals surface area (Å²) >= 11 is 0. The maximum Gasteiger partial charge on any atom is 0.328 e. The number of carboxylic acid groups (broad SMARTS) is 1. The number of carboxylic acids is 1. The lowest BCUT2D eigenvalue weighted by Crippen LogP contribution is -2.15. The molecular weight excluding hydrogens is 427 g/mol. The number of benzene rings is 3. The maximum atomic E-state index is 14.4. The minimum atomic E-state index is -0.964. The second kappa shape index (κ2) is 9.10. The van der Waals surface area contributed by atoms with Gasteiger partial charge in [-0.3, -0.25) is 5.10 Å². The lowest BCUT2D eigenvalue weighted by molar-refractivity contribution is -0.131. The summed E-state index contributed by atoms with van der Waals surface area (Å²) in [6.45, 7) is 1.79. The van der Waals surface area contributed by atoms with Crippen molar-refractivity contribution in [3.63, 3.8) is 0 Å². The van der Waals surface area contributed by atoms with Crippen molar-refractivity contribution in [2.45, 2.75) is 26.2 Å². The number of nitrogens with zero attached hydrogens (tertiary/aromatic N) is 1. The Bertz CT molecular complexity index is 1410. The van der Waals surface area contributed by atoms with Crippen molar-refractivity contribution in [2.24, 2.45) is 5.92 Å². The van der Waals surface area contributed by atoms with E-state index in [0.717, 1.165) is 35.1 Å². The van der Waals surface area contributed by atoms with Crippen LogP contribution in [0, 0.1) is 11.9 Å². The van der Waals surface area contributed by atoms with Crippen LogP contribution in [0.5, 0.6) is 0 Å². The lowest BCUT2D eigenvalue weighted by Gasteiger charge is -2.31. The van der Waals surface area contributed by atoms with E-state index >= 15 is 0 Å². The molecule has 3 aromatic carbocycles. The van der Waals surface area contributed by atoms with Crippen LogP contribution in [-0.4, -0.2) is 21.3 Å². The zero-order chi connectivity index (χ0) is 23.7. The van der Waals surface area contributed by atoms with Crippen molar-refractivity contribution in [3.05, 3.63) is 107 Å². The van der Waals surface area contributed by atoms with Gasteiger partial charge in [0, 0.05) is 6.08 Å². The van der Waals surface area contributed by atoms with Gasteiger partial charge in [-0.15, -0.1) is 0 Å². The average molecular weight is 453 g/mol. The molecular formula is C29H25FN2O2. The first-order chi connectivity index (χ1) is 16.5. The van der Waals surface area contributed by atoms with E-state index in [0.29, 0.717) is 22.4 Å². The summed E-state index contributed by atoms with van der Waals surface area (Å²) in [6.07, 6.45) is 4.65. The van der Waals surface area contributed by atoms with Gasteiger partial charge in [0.05, 0.1) is 10.9 Å². The Kier molecular flexibility index (Phi) is 5.84. The van der Waals surface area contributed by atoms with Crippen LogP contribution in [0.1, 0.15) is 48.4 Å². The van der Waals surface area contributed by atoms with Gasteiger partial charge < -0.3 is 5.11 Å². The Morgan fingerprint density at radius 3 is 2.29 bits per heavy atom. The fourth-order valence-electron chi connectivity index (χ4n) is 4.68. The molecule has 0 bridgehead atoms. The van der Waals surface area contributed by atoms with Crippen molar-refractivity contribution in [1.82, 2.24) is 10.2 Å². The van der Waals surface area contributed by atoms with E-state index in [1.165, 1.54) is 23.6 Å². The Balaban J connectivity index is 1.73. The van der Waals surface area contributed by atoms with Gasteiger partial charge in [0.1, 0.15) is 0 Å². The van der Waals surface area contributed by atoms with Gasteiger partial charge in [-0.05, 0) is 76.8 Å². The number of nitrogens with one attached hydrogen (secondary N) is 1. The Morgan fingerprint density at radius 1 is 0.971 bits per heavy atom. The van der Waals surface area contributed by atoms with E-state index in [9.17, 15) is 9.18 Å². The standard InChI is InChI=1S/C29H25FN2O2/c1-18(16-26(33)34)19-10-12-22(13-11-19)28(23-14-15-25-24(17-23)29(30)32-31-25)27(21-8-5-9-21)20-6-3-2-4-7-20/h2-4,6-7,10-17,21H,5,8-9H2,1H3,(H,31,32)(H,33,34)/b18-16+,28-27?. The predicted molar refractivity (Wildman–Crippen MR) is 133 cm³/mol. The Hall–Kier alpha value is -3.99. The van der Waals surface area contributed by atoms with Crippen LogP contribution < -0.4 is 0 Å². The highest BCUT2D eigenvalue weighted by Gasteiger charge is 2.27. The molecule has 5 rings (SSSR count). The first kappa shape index (κ1) is 21.8. The molecule has 1 aliphatic carbocycles. The third kappa shape index (κ3) is 4.17. The van der Waals surface area contributed by atoms with E-state index in [-0.39, 0.29) is 0 Å². The molecule has 1 heterocycles. The van der Waals surface area contributed by atoms with Crippen molar-refractivity contribution < 1.29 is 14.3 Å². The molecule has 2 N–H and O–H groups in total. The molecule has 1 fully saturated rings. The number of fused-ring (bicyclic) bond motifs is 1. The second-order valence-electron chi connectivity index (χ2n) is 8.79. The molecule has 0 saturated heterocycles. The molecule has 4 nitrogen and oxygen atoms in total. The molecule has 0 atom stereocenters. The lowest BCUT2D eigenvalue weighted by atomic mass is 9.73. The first-order valence-electron chi connectivity index (χ1n) is 11.5. The zero-order valence-corrected chi connectivity index (χ0v) is 18.9. The second-order valence-corrected chi connectivity index (χ2v) is 8.79. The number of H-pyrrole nitrogens is 1. The number of hydrogen-bond acceptors (Lipinski definition) is 2. The van der Waals surface area contributed by atoms with Crippen LogP contribution in [0.4, 0.5) is 4.39 Å². The molecule has 0 unspecified atom stereocenters. The largest absolute Gasteiger partial charge is 0.478 e.